The van der Waals surface area contributed by atoms with Crippen molar-refractivity contribution in [2.45, 2.75) is 11.9 Å². The summed E-state index contributed by atoms with van der Waals surface area (Å²) in [4.78, 5) is 16.6. The normalized spacial score (nSPS) is 10.8. The molecule has 1 aromatic rings. The molecule has 0 aliphatic carbocycles. The molecule has 0 saturated carbocycles. The predicted molar refractivity (Wildman–Crippen MR) is 64.9 cm³/mol. The molecule has 1 rings (SSSR count). The second-order valence-corrected chi connectivity index (χ2v) is 4.77. The van der Waals surface area contributed by atoms with Crippen molar-refractivity contribution < 1.29 is 4.92 Å². The van der Waals surface area contributed by atoms with E-state index in [-0.39, 0.29) is 10.6 Å². The molecule has 0 N–H and O–H groups in total. The van der Waals surface area contributed by atoms with E-state index in [1.165, 1.54) is 11.8 Å². The number of aromatic nitrogens is 1. The van der Waals surface area contributed by atoms with Gasteiger partial charge in [0.05, 0.1) is 4.92 Å². The second-order valence-electron chi connectivity index (χ2n) is 3.69. The first-order valence-corrected chi connectivity index (χ1v) is 5.88. The first-order chi connectivity index (χ1) is 7.52. The van der Waals surface area contributed by atoms with Crippen LogP contribution in [0.2, 0.25) is 0 Å². The number of hydrogen-bond acceptors (Lipinski definition) is 5. The van der Waals surface area contributed by atoms with E-state index in [1.807, 2.05) is 19.0 Å². The summed E-state index contributed by atoms with van der Waals surface area (Å²) < 4.78 is 0. The maximum atomic E-state index is 10.9. The van der Waals surface area contributed by atoms with Crippen molar-refractivity contribution in [1.82, 2.24) is 9.88 Å². The average Bonchev–Trinajstić information content (AvgIpc) is 2.16. The third kappa shape index (κ3) is 3.46. The number of pyridine rings is 1. The molecule has 88 valence electrons. The smallest absolute Gasteiger partial charge is 0.304 e. The van der Waals surface area contributed by atoms with Crippen LogP contribution in [-0.4, -0.2) is 41.2 Å². The standard InChI is InChI=1S/C10H15N3O2S/c1-8-4-5-11-10(9(8)13(14)15)16-7-6-12(2)3/h4-5H,6-7H2,1-3H3. The molecule has 1 aromatic heterocycles. The number of hydrogen-bond donors (Lipinski definition) is 0. The summed E-state index contributed by atoms with van der Waals surface area (Å²) in [7, 11) is 3.94. The van der Waals surface area contributed by atoms with E-state index >= 15 is 0 Å². The van der Waals surface area contributed by atoms with Gasteiger partial charge in [0.25, 0.3) is 0 Å². The number of nitro groups is 1. The van der Waals surface area contributed by atoms with Crippen LogP contribution in [0.1, 0.15) is 5.56 Å². The van der Waals surface area contributed by atoms with Crippen molar-refractivity contribution in [3.05, 3.63) is 27.9 Å². The topological polar surface area (TPSA) is 59.3 Å². The van der Waals surface area contributed by atoms with Crippen molar-refractivity contribution in [1.29, 1.82) is 0 Å². The molecule has 0 bridgehead atoms. The van der Waals surface area contributed by atoms with Gasteiger partial charge in [-0.25, -0.2) is 4.98 Å². The van der Waals surface area contributed by atoms with Crippen molar-refractivity contribution in [2.24, 2.45) is 0 Å². The third-order valence-corrected chi connectivity index (χ3v) is 3.01. The molecule has 6 heteroatoms. The van der Waals surface area contributed by atoms with Crippen LogP contribution in [0.4, 0.5) is 5.69 Å². The Morgan fingerprint density at radius 2 is 2.25 bits per heavy atom. The summed E-state index contributed by atoms with van der Waals surface area (Å²) in [6, 6.07) is 1.66. The molecule has 1 heterocycles. The highest BCUT2D eigenvalue weighted by molar-refractivity contribution is 7.99. The first-order valence-electron chi connectivity index (χ1n) is 4.90. The number of aryl methyl sites for hydroxylation is 1. The Morgan fingerprint density at radius 3 is 2.81 bits per heavy atom. The van der Waals surface area contributed by atoms with Gasteiger partial charge >= 0.3 is 5.69 Å². The summed E-state index contributed by atoms with van der Waals surface area (Å²) in [5.74, 6) is 0.796. The lowest BCUT2D eigenvalue weighted by atomic mass is 10.3. The molecular formula is C10H15N3O2S. The lowest BCUT2D eigenvalue weighted by Gasteiger charge is -2.08. The van der Waals surface area contributed by atoms with E-state index < -0.39 is 0 Å². The third-order valence-electron chi connectivity index (χ3n) is 2.05. The Morgan fingerprint density at radius 1 is 1.56 bits per heavy atom. The summed E-state index contributed by atoms with van der Waals surface area (Å²) in [6.45, 7) is 2.60. The molecule has 0 radical (unpaired) electrons. The van der Waals surface area contributed by atoms with Crippen molar-refractivity contribution in [2.75, 3.05) is 26.4 Å². The van der Waals surface area contributed by atoms with Gasteiger partial charge in [-0.15, -0.1) is 0 Å². The highest BCUT2D eigenvalue weighted by Crippen LogP contribution is 2.29. The Kier molecular flexibility index (Phi) is 4.70. The maximum Gasteiger partial charge on any atom is 0.304 e. The van der Waals surface area contributed by atoms with Gasteiger partial charge in [0.1, 0.15) is 0 Å². The van der Waals surface area contributed by atoms with E-state index in [0.717, 1.165) is 12.3 Å². The van der Waals surface area contributed by atoms with Gasteiger partial charge in [0, 0.05) is 24.1 Å². The summed E-state index contributed by atoms with van der Waals surface area (Å²) in [5.41, 5.74) is 0.790. The van der Waals surface area contributed by atoms with Gasteiger partial charge in [0.15, 0.2) is 5.03 Å². The number of rotatable bonds is 5. The van der Waals surface area contributed by atoms with E-state index in [0.29, 0.717) is 10.6 Å². The van der Waals surface area contributed by atoms with E-state index in [9.17, 15) is 10.1 Å². The molecule has 0 aromatic carbocycles. The molecule has 5 nitrogen and oxygen atoms in total. The quantitative estimate of drug-likeness (QED) is 0.448. The molecule has 0 saturated heterocycles. The lowest BCUT2D eigenvalue weighted by molar-refractivity contribution is -0.388. The zero-order valence-electron chi connectivity index (χ0n) is 9.64. The minimum Gasteiger partial charge on any atom is -0.309 e. The SMILES string of the molecule is Cc1ccnc(SCCN(C)C)c1[N+](=O)[O-]. The highest BCUT2D eigenvalue weighted by atomic mass is 32.2. The average molecular weight is 241 g/mol. The summed E-state index contributed by atoms with van der Waals surface area (Å²) in [5, 5.41) is 11.4. The van der Waals surface area contributed by atoms with E-state index in [1.54, 1.807) is 19.2 Å². The molecular weight excluding hydrogens is 226 g/mol. The van der Waals surface area contributed by atoms with Crippen LogP contribution < -0.4 is 0 Å². The van der Waals surface area contributed by atoms with Crippen LogP contribution in [0, 0.1) is 17.0 Å². The molecule has 0 aliphatic rings. The zero-order valence-corrected chi connectivity index (χ0v) is 10.5. The van der Waals surface area contributed by atoms with Crippen molar-refractivity contribution in [3.63, 3.8) is 0 Å². The van der Waals surface area contributed by atoms with Crippen LogP contribution >= 0.6 is 11.8 Å². The molecule has 0 amide bonds. The Hall–Kier alpha value is -1.14. The van der Waals surface area contributed by atoms with Crippen LogP contribution in [0.5, 0.6) is 0 Å². The molecule has 16 heavy (non-hydrogen) atoms. The monoisotopic (exact) mass is 241 g/mol. The Balaban J connectivity index is 2.79. The van der Waals surface area contributed by atoms with Gasteiger partial charge < -0.3 is 4.90 Å². The van der Waals surface area contributed by atoms with E-state index in [4.69, 9.17) is 0 Å². The first kappa shape index (κ1) is 12.9. The van der Waals surface area contributed by atoms with Crippen LogP contribution in [-0.2, 0) is 0 Å². The predicted octanol–water partition coefficient (Wildman–Crippen LogP) is 1.95. The maximum absolute atomic E-state index is 10.9. The fraction of sp³-hybridized carbons (Fsp3) is 0.500. The van der Waals surface area contributed by atoms with Crippen LogP contribution in [0.25, 0.3) is 0 Å². The summed E-state index contributed by atoms with van der Waals surface area (Å²) >= 11 is 1.42. The van der Waals surface area contributed by atoms with Gasteiger partial charge in [-0.1, -0.05) is 11.8 Å². The fourth-order valence-electron chi connectivity index (χ4n) is 1.18. The van der Waals surface area contributed by atoms with Crippen molar-refractivity contribution in [3.8, 4) is 0 Å². The van der Waals surface area contributed by atoms with Crippen molar-refractivity contribution >= 4 is 17.4 Å². The Bertz CT molecular complexity index is 382. The van der Waals surface area contributed by atoms with Gasteiger partial charge in [-0.3, -0.25) is 10.1 Å². The highest BCUT2D eigenvalue weighted by Gasteiger charge is 2.18. The summed E-state index contributed by atoms with van der Waals surface area (Å²) in [6.07, 6.45) is 1.61. The minimum atomic E-state index is -0.361. The van der Waals surface area contributed by atoms with Gasteiger partial charge in [-0.2, -0.15) is 0 Å². The van der Waals surface area contributed by atoms with Crippen LogP contribution in [0.15, 0.2) is 17.3 Å². The Labute approximate surface area is 99.0 Å². The van der Waals surface area contributed by atoms with Gasteiger partial charge in [0.2, 0.25) is 0 Å². The largest absolute Gasteiger partial charge is 0.309 e. The molecule has 0 aliphatic heterocycles. The van der Waals surface area contributed by atoms with Crippen LogP contribution in [0.3, 0.4) is 0 Å². The van der Waals surface area contributed by atoms with Gasteiger partial charge in [-0.05, 0) is 27.1 Å². The number of nitrogens with zero attached hydrogens (tertiary/aromatic N) is 3. The molecule has 0 unspecified atom stereocenters. The fourth-order valence-corrected chi connectivity index (χ4v) is 2.34. The minimum absolute atomic E-state index is 0.131. The zero-order chi connectivity index (χ0) is 12.1. The molecule has 0 fully saturated rings. The molecule has 0 spiro atoms. The van der Waals surface area contributed by atoms with E-state index in [2.05, 4.69) is 4.98 Å². The second kappa shape index (κ2) is 5.81. The lowest BCUT2D eigenvalue weighted by Crippen LogP contribution is -2.15. The molecule has 0 atom stereocenters. The number of thioether (sulfide) groups is 1.